The van der Waals surface area contributed by atoms with Gasteiger partial charge in [0.05, 0.1) is 4.90 Å². The van der Waals surface area contributed by atoms with Crippen LogP contribution in [0.15, 0.2) is 59.6 Å². The van der Waals surface area contributed by atoms with Gasteiger partial charge in [-0.2, -0.15) is 8.42 Å². The summed E-state index contributed by atoms with van der Waals surface area (Å²) in [4.78, 5) is 4.02. The number of nitrogen functional groups attached to an aromatic ring is 1. The third-order valence-corrected chi connectivity index (χ3v) is 4.95. The SMILES string of the molecule is Cc1cc(C=Cc2cc(C)c(O)c(C)c2)ccn1.Nc1ccc(S(=O)(=O)O)cc1. The van der Waals surface area contributed by atoms with Crippen molar-refractivity contribution in [3.05, 3.63) is 82.7 Å². The Morgan fingerprint density at radius 1 is 0.897 bits per heavy atom. The van der Waals surface area contributed by atoms with Crippen LogP contribution >= 0.6 is 0 Å². The fourth-order valence-electron chi connectivity index (χ4n) is 2.59. The Balaban J connectivity index is 0.000000234. The second-order valence-electron chi connectivity index (χ2n) is 6.61. The van der Waals surface area contributed by atoms with Gasteiger partial charge in [0.1, 0.15) is 5.75 Å². The largest absolute Gasteiger partial charge is 0.507 e. The van der Waals surface area contributed by atoms with Crippen LogP contribution in [0.4, 0.5) is 5.69 Å². The van der Waals surface area contributed by atoms with Crippen LogP contribution in [0.3, 0.4) is 0 Å². The Labute approximate surface area is 171 Å². The van der Waals surface area contributed by atoms with Gasteiger partial charge in [0.2, 0.25) is 0 Å². The molecule has 1 heterocycles. The fraction of sp³-hybridized carbons (Fsp3) is 0.136. The van der Waals surface area contributed by atoms with Crippen LogP contribution in [0, 0.1) is 20.8 Å². The minimum atomic E-state index is -4.08. The Morgan fingerprint density at radius 3 is 1.97 bits per heavy atom. The number of phenolic OH excluding ortho intramolecular Hbond substituents is 1. The molecule has 0 aliphatic rings. The first-order chi connectivity index (χ1) is 13.6. The van der Waals surface area contributed by atoms with Crippen LogP contribution in [-0.2, 0) is 10.1 Å². The normalized spacial score (nSPS) is 11.2. The van der Waals surface area contributed by atoms with Crippen LogP contribution < -0.4 is 5.73 Å². The van der Waals surface area contributed by atoms with Crippen molar-refractivity contribution in [3.8, 4) is 5.75 Å². The molecule has 0 aliphatic heterocycles. The zero-order chi connectivity index (χ0) is 21.6. The fourth-order valence-corrected chi connectivity index (χ4v) is 3.07. The molecule has 0 saturated heterocycles. The number of rotatable bonds is 3. The second-order valence-corrected chi connectivity index (χ2v) is 8.03. The highest BCUT2D eigenvalue weighted by atomic mass is 32.2. The molecule has 2 aromatic carbocycles. The predicted octanol–water partition coefficient (Wildman–Crippen LogP) is 4.40. The topological polar surface area (TPSA) is 114 Å². The predicted molar refractivity (Wildman–Crippen MR) is 116 cm³/mol. The van der Waals surface area contributed by atoms with E-state index in [9.17, 15) is 13.5 Å². The summed E-state index contributed by atoms with van der Waals surface area (Å²) < 4.78 is 29.4. The van der Waals surface area contributed by atoms with E-state index in [4.69, 9.17) is 10.3 Å². The molecule has 1 aromatic heterocycles. The summed E-state index contributed by atoms with van der Waals surface area (Å²) in [5, 5.41) is 9.72. The molecule has 29 heavy (non-hydrogen) atoms. The van der Waals surface area contributed by atoms with E-state index < -0.39 is 10.1 Å². The van der Waals surface area contributed by atoms with Crippen LogP contribution in [0.25, 0.3) is 12.2 Å². The van der Waals surface area contributed by atoms with Gasteiger partial charge in [0.15, 0.2) is 0 Å². The lowest BCUT2D eigenvalue weighted by atomic mass is 10.0. The minimum absolute atomic E-state index is 0.147. The molecule has 0 fully saturated rings. The van der Waals surface area contributed by atoms with Crippen molar-refractivity contribution in [3.63, 3.8) is 0 Å². The van der Waals surface area contributed by atoms with E-state index in [0.29, 0.717) is 11.4 Å². The molecule has 0 spiro atoms. The third-order valence-electron chi connectivity index (χ3n) is 4.08. The Hall–Kier alpha value is -3.16. The highest BCUT2D eigenvalue weighted by molar-refractivity contribution is 7.85. The summed E-state index contributed by atoms with van der Waals surface area (Å²) in [7, 11) is -4.08. The molecule has 7 heteroatoms. The van der Waals surface area contributed by atoms with Crippen molar-refractivity contribution >= 4 is 28.0 Å². The Morgan fingerprint density at radius 2 is 1.45 bits per heavy atom. The van der Waals surface area contributed by atoms with E-state index in [0.717, 1.165) is 27.9 Å². The first-order valence-electron chi connectivity index (χ1n) is 8.80. The quantitative estimate of drug-likeness (QED) is 0.434. The first-order valence-corrected chi connectivity index (χ1v) is 10.2. The molecule has 3 aromatic rings. The summed E-state index contributed by atoms with van der Waals surface area (Å²) in [6.07, 6.45) is 5.91. The van der Waals surface area contributed by atoms with E-state index in [1.54, 1.807) is 0 Å². The molecule has 0 bridgehead atoms. The summed E-state index contributed by atoms with van der Waals surface area (Å²) in [6.45, 7) is 5.80. The summed E-state index contributed by atoms with van der Waals surface area (Å²) in [6, 6.07) is 13.3. The van der Waals surface area contributed by atoms with Crippen molar-refractivity contribution in [2.24, 2.45) is 0 Å². The van der Waals surface area contributed by atoms with Gasteiger partial charge in [0, 0.05) is 17.6 Å². The van der Waals surface area contributed by atoms with Gasteiger partial charge in [0.25, 0.3) is 10.1 Å². The lowest BCUT2D eigenvalue weighted by molar-refractivity contribution is 0.467. The van der Waals surface area contributed by atoms with Gasteiger partial charge < -0.3 is 10.8 Å². The minimum Gasteiger partial charge on any atom is -0.507 e. The average molecular weight is 413 g/mol. The maximum Gasteiger partial charge on any atom is 0.294 e. The van der Waals surface area contributed by atoms with Gasteiger partial charge in [-0.05, 0) is 91.6 Å². The van der Waals surface area contributed by atoms with Crippen LogP contribution in [-0.4, -0.2) is 23.1 Å². The van der Waals surface area contributed by atoms with E-state index in [1.807, 2.05) is 57.3 Å². The number of pyridine rings is 1. The maximum atomic E-state index is 10.5. The van der Waals surface area contributed by atoms with E-state index in [1.165, 1.54) is 24.3 Å². The summed E-state index contributed by atoms with van der Waals surface area (Å²) >= 11 is 0. The molecular formula is C22H24N2O4S. The number of nitrogens with two attached hydrogens (primary N) is 1. The van der Waals surface area contributed by atoms with Gasteiger partial charge >= 0.3 is 0 Å². The van der Waals surface area contributed by atoms with Crippen molar-refractivity contribution in [1.29, 1.82) is 0 Å². The molecule has 152 valence electrons. The zero-order valence-electron chi connectivity index (χ0n) is 16.5. The number of aromatic hydroxyl groups is 1. The van der Waals surface area contributed by atoms with Crippen molar-refractivity contribution in [2.75, 3.05) is 5.73 Å². The lowest BCUT2D eigenvalue weighted by Crippen LogP contribution is -1.97. The number of hydrogen-bond acceptors (Lipinski definition) is 5. The molecule has 0 atom stereocenters. The number of nitrogens with zero attached hydrogens (tertiary/aromatic N) is 1. The van der Waals surface area contributed by atoms with Crippen LogP contribution in [0.2, 0.25) is 0 Å². The lowest BCUT2D eigenvalue weighted by Gasteiger charge is -2.04. The average Bonchev–Trinajstić information content (AvgIpc) is 2.64. The molecule has 3 rings (SSSR count). The number of phenols is 1. The first kappa shape index (κ1) is 22.1. The number of hydrogen-bond donors (Lipinski definition) is 3. The standard InChI is InChI=1S/C16H17NO.C6H7NO3S/c1-11-8-15(9-12(2)16(11)18)5-4-14-6-7-17-13(3)10-14;7-5-1-3-6(4-2-5)11(8,9)10/h4-10,18H,1-3H3;1-4H,7H2,(H,8,9,10). The molecule has 0 aliphatic carbocycles. The number of aromatic nitrogens is 1. The smallest absolute Gasteiger partial charge is 0.294 e. The molecule has 0 radical (unpaired) electrons. The molecule has 4 N–H and O–H groups in total. The summed E-state index contributed by atoms with van der Waals surface area (Å²) in [5.74, 6) is 0.381. The van der Waals surface area contributed by atoms with E-state index in [-0.39, 0.29) is 4.90 Å². The number of benzene rings is 2. The summed E-state index contributed by atoms with van der Waals surface area (Å²) in [5.41, 5.74) is 10.8. The number of aryl methyl sites for hydroxylation is 3. The second kappa shape index (κ2) is 9.36. The third kappa shape index (κ3) is 6.74. The Kier molecular flexibility index (Phi) is 7.14. The van der Waals surface area contributed by atoms with Gasteiger partial charge in [-0.15, -0.1) is 0 Å². The van der Waals surface area contributed by atoms with E-state index in [2.05, 4.69) is 11.1 Å². The van der Waals surface area contributed by atoms with Crippen molar-refractivity contribution < 1.29 is 18.1 Å². The van der Waals surface area contributed by atoms with Gasteiger partial charge in [-0.1, -0.05) is 12.2 Å². The molecule has 0 unspecified atom stereocenters. The maximum absolute atomic E-state index is 10.5. The highest BCUT2D eigenvalue weighted by Gasteiger charge is 2.07. The van der Waals surface area contributed by atoms with Crippen molar-refractivity contribution in [1.82, 2.24) is 4.98 Å². The monoisotopic (exact) mass is 412 g/mol. The zero-order valence-corrected chi connectivity index (χ0v) is 17.3. The molecule has 0 saturated carbocycles. The highest BCUT2D eigenvalue weighted by Crippen LogP contribution is 2.24. The van der Waals surface area contributed by atoms with Gasteiger partial charge in [-0.3, -0.25) is 9.54 Å². The molecular weight excluding hydrogens is 388 g/mol. The molecule has 0 amide bonds. The van der Waals surface area contributed by atoms with Crippen molar-refractivity contribution in [2.45, 2.75) is 25.7 Å². The van der Waals surface area contributed by atoms with Crippen LogP contribution in [0.1, 0.15) is 27.9 Å². The van der Waals surface area contributed by atoms with Crippen LogP contribution in [0.5, 0.6) is 5.75 Å². The van der Waals surface area contributed by atoms with E-state index >= 15 is 0 Å². The van der Waals surface area contributed by atoms with Gasteiger partial charge in [-0.25, -0.2) is 0 Å². The number of anilines is 1. The molecule has 6 nitrogen and oxygen atoms in total. The Bertz CT molecular complexity index is 1100.